The highest BCUT2D eigenvalue weighted by Crippen LogP contribution is 2.32. The minimum atomic E-state index is -4.46. The lowest BCUT2D eigenvalue weighted by atomic mass is 10.1. The van der Waals surface area contributed by atoms with Crippen LogP contribution in [-0.2, 0) is 10.9 Å². The second-order valence-electron chi connectivity index (χ2n) is 4.72. The van der Waals surface area contributed by atoms with Gasteiger partial charge >= 0.3 is 6.18 Å². The third-order valence-corrected chi connectivity index (χ3v) is 2.78. The van der Waals surface area contributed by atoms with E-state index in [0.29, 0.717) is 6.61 Å². The molecule has 0 aliphatic carbocycles. The molecule has 1 aromatic rings. The first kappa shape index (κ1) is 16.5. The normalized spacial score (nSPS) is 13.4. The van der Waals surface area contributed by atoms with Gasteiger partial charge in [0.05, 0.1) is 18.2 Å². The van der Waals surface area contributed by atoms with E-state index >= 15 is 0 Å². The molecular weight excluding hydrogens is 273 g/mol. The number of pyridine rings is 1. The van der Waals surface area contributed by atoms with E-state index in [2.05, 4.69) is 15.7 Å². The van der Waals surface area contributed by atoms with Crippen molar-refractivity contribution in [2.24, 2.45) is 11.8 Å². The largest absolute Gasteiger partial charge is 0.416 e. The van der Waals surface area contributed by atoms with Crippen LogP contribution in [0.5, 0.6) is 0 Å². The summed E-state index contributed by atoms with van der Waals surface area (Å²) in [5.41, 5.74) is 1.32. The van der Waals surface area contributed by atoms with Crippen molar-refractivity contribution in [3.8, 4) is 0 Å². The molecule has 1 rings (SSSR count). The summed E-state index contributed by atoms with van der Waals surface area (Å²) in [6, 6.07) is 1.65. The number of halogens is 3. The van der Waals surface area contributed by atoms with Crippen LogP contribution in [0, 0.1) is 5.92 Å². The van der Waals surface area contributed by atoms with Crippen LogP contribution in [0.4, 0.5) is 24.8 Å². The highest BCUT2D eigenvalue weighted by Gasteiger charge is 2.32. The second-order valence-corrected chi connectivity index (χ2v) is 4.72. The minimum Gasteiger partial charge on any atom is -0.383 e. The number of rotatable bonds is 6. The predicted molar refractivity (Wildman–Crippen MR) is 71.2 cm³/mol. The monoisotopic (exact) mass is 292 g/mol. The van der Waals surface area contributed by atoms with Crippen molar-refractivity contribution in [1.82, 2.24) is 4.98 Å². The molecule has 114 valence electrons. The molecule has 0 aliphatic rings. The van der Waals surface area contributed by atoms with E-state index in [4.69, 9.17) is 10.6 Å². The number of hydrogen-bond acceptors (Lipinski definition) is 5. The Bertz CT molecular complexity index is 437. The first-order valence-corrected chi connectivity index (χ1v) is 6.09. The van der Waals surface area contributed by atoms with Crippen LogP contribution in [0.15, 0.2) is 12.1 Å². The lowest BCUT2D eigenvalue weighted by molar-refractivity contribution is -0.137. The van der Waals surface area contributed by atoms with Crippen LogP contribution in [0.3, 0.4) is 0 Å². The quantitative estimate of drug-likeness (QED) is 0.555. The number of nitrogens with zero attached hydrogens (tertiary/aromatic N) is 1. The Balaban J connectivity index is 3.04. The molecule has 0 bridgehead atoms. The molecule has 0 spiro atoms. The van der Waals surface area contributed by atoms with Crippen LogP contribution in [0.25, 0.3) is 0 Å². The van der Waals surface area contributed by atoms with Gasteiger partial charge in [-0.3, -0.25) is 0 Å². The molecule has 5 nitrogen and oxygen atoms in total. The highest BCUT2D eigenvalue weighted by molar-refractivity contribution is 5.49. The standard InChI is InChI=1S/C12H19F3N4O/c1-7(2)9(6-20-3)17-10-4-8(12(13,14)15)5-11(18-10)19-16/h4-5,7,9H,6,16H2,1-3H3,(H2,17,18,19). The SMILES string of the molecule is COCC(Nc1cc(C(F)(F)F)cc(NN)n1)C(C)C. The fraction of sp³-hybridized carbons (Fsp3) is 0.583. The molecule has 4 N–H and O–H groups in total. The number of hydrazine groups is 1. The number of alkyl halides is 3. The number of nitrogen functional groups attached to an aromatic ring is 1. The third-order valence-electron chi connectivity index (χ3n) is 2.78. The zero-order valence-electron chi connectivity index (χ0n) is 11.6. The predicted octanol–water partition coefficient (Wildman–Crippen LogP) is 2.47. The Morgan fingerprint density at radius 3 is 2.35 bits per heavy atom. The molecule has 1 atom stereocenters. The number of anilines is 2. The van der Waals surface area contributed by atoms with E-state index in [9.17, 15) is 13.2 Å². The van der Waals surface area contributed by atoms with E-state index in [-0.39, 0.29) is 23.6 Å². The number of hydrogen-bond donors (Lipinski definition) is 3. The Labute approximate surface area is 115 Å². The van der Waals surface area contributed by atoms with Crippen molar-refractivity contribution in [2.45, 2.75) is 26.1 Å². The topological polar surface area (TPSA) is 72.2 Å². The van der Waals surface area contributed by atoms with Gasteiger partial charge in [0.1, 0.15) is 11.6 Å². The maximum Gasteiger partial charge on any atom is 0.416 e. The average Bonchev–Trinajstić information content (AvgIpc) is 2.36. The highest BCUT2D eigenvalue weighted by atomic mass is 19.4. The number of ether oxygens (including phenoxy) is 1. The van der Waals surface area contributed by atoms with E-state index in [1.807, 2.05) is 13.8 Å². The first-order valence-electron chi connectivity index (χ1n) is 6.09. The summed E-state index contributed by atoms with van der Waals surface area (Å²) >= 11 is 0. The molecule has 0 amide bonds. The van der Waals surface area contributed by atoms with Gasteiger partial charge in [0.2, 0.25) is 0 Å². The van der Waals surface area contributed by atoms with Crippen molar-refractivity contribution in [2.75, 3.05) is 24.5 Å². The molecule has 0 fully saturated rings. The van der Waals surface area contributed by atoms with Crippen molar-refractivity contribution in [3.05, 3.63) is 17.7 Å². The Kier molecular flexibility index (Phi) is 5.58. The molecule has 0 aromatic carbocycles. The molecule has 1 aromatic heterocycles. The van der Waals surface area contributed by atoms with Gasteiger partial charge in [-0.05, 0) is 18.1 Å². The second kappa shape index (κ2) is 6.76. The molecule has 0 saturated heterocycles. The van der Waals surface area contributed by atoms with Gasteiger partial charge in [-0.2, -0.15) is 13.2 Å². The molecule has 8 heteroatoms. The van der Waals surface area contributed by atoms with Crippen LogP contribution < -0.4 is 16.6 Å². The van der Waals surface area contributed by atoms with E-state index < -0.39 is 11.7 Å². The van der Waals surface area contributed by atoms with Crippen molar-refractivity contribution in [3.63, 3.8) is 0 Å². The van der Waals surface area contributed by atoms with Crippen molar-refractivity contribution in [1.29, 1.82) is 0 Å². The summed E-state index contributed by atoms with van der Waals surface area (Å²) in [5, 5.41) is 2.93. The number of nitrogens with two attached hydrogens (primary N) is 1. The lowest BCUT2D eigenvalue weighted by Gasteiger charge is -2.23. The molecular formula is C12H19F3N4O. The Morgan fingerprint density at radius 2 is 1.90 bits per heavy atom. The van der Waals surface area contributed by atoms with Crippen LogP contribution in [0.1, 0.15) is 19.4 Å². The lowest BCUT2D eigenvalue weighted by Crippen LogP contribution is -2.31. The van der Waals surface area contributed by atoms with Gasteiger partial charge in [-0.1, -0.05) is 13.8 Å². The van der Waals surface area contributed by atoms with Crippen molar-refractivity contribution < 1.29 is 17.9 Å². The molecule has 1 heterocycles. The smallest absolute Gasteiger partial charge is 0.383 e. The van der Waals surface area contributed by atoms with E-state index in [0.717, 1.165) is 12.1 Å². The molecule has 0 saturated carbocycles. The number of methoxy groups -OCH3 is 1. The van der Waals surface area contributed by atoms with Crippen LogP contribution in [-0.4, -0.2) is 24.7 Å². The molecule has 0 radical (unpaired) electrons. The summed E-state index contributed by atoms with van der Waals surface area (Å²) < 4.78 is 43.4. The Hall–Kier alpha value is -1.54. The average molecular weight is 292 g/mol. The summed E-state index contributed by atoms with van der Waals surface area (Å²) in [6.45, 7) is 4.24. The zero-order chi connectivity index (χ0) is 15.3. The van der Waals surface area contributed by atoms with E-state index in [1.54, 1.807) is 0 Å². The Morgan fingerprint density at radius 1 is 1.30 bits per heavy atom. The summed E-state index contributed by atoms with van der Waals surface area (Å²) in [4.78, 5) is 3.97. The summed E-state index contributed by atoms with van der Waals surface area (Å²) in [7, 11) is 1.53. The zero-order valence-corrected chi connectivity index (χ0v) is 11.6. The molecule has 0 aliphatic heterocycles. The fourth-order valence-electron chi connectivity index (χ4n) is 1.61. The number of nitrogens with one attached hydrogen (secondary N) is 2. The van der Waals surface area contributed by atoms with Gasteiger partial charge in [0.15, 0.2) is 0 Å². The summed E-state index contributed by atoms with van der Waals surface area (Å²) in [6.07, 6.45) is -4.46. The maximum atomic E-state index is 12.8. The first-order chi connectivity index (χ1) is 9.27. The third kappa shape index (κ3) is 4.53. The van der Waals surface area contributed by atoms with Gasteiger partial charge in [-0.25, -0.2) is 10.8 Å². The fourth-order valence-corrected chi connectivity index (χ4v) is 1.61. The van der Waals surface area contributed by atoms with Crippen LogP contribution >= 0.6 is 0 Å². The number of aromatic nitrogens is 1. The maximum absolute atomic E-state index is 12.8. The van der Waals surface area contributed by atoms with Gasteiger partial charge in [-0.15, -0.1) is 0 Å². The van der Waals surface area contributed by atoms with Crippen LogP contribution in [0.2, 0.25) is 0 Å². The van der Waals surface area contributed by atoms with Gasteiger partial charge in [0, 0.05) is 7.11 Å². The van der Waals surface area contributed by atoms with Gasteiger partial charge in [0.25, 0.3) is 0 Å². The van der Waals surface area contributed by atoms with E-state index in [1.165, 1.54) is 7.11 Å². The molecule has 20 heavy (non-hydrogen) atoms. The van der Waals surface area contributed by atoms with Crippen molar-refractivity contribution >= 4 is 11.6 Å². The summed E-state index contributed by atoms with van der Waals surface area (Å²) in [5.74, 6) is 5.36. The molecule has 1 unspecified atom stereocenters. The van der Waals surface area contributed by atoms with Gasteiger partial charge < -0.3 is 15.5 Å². The minimum absolute atomic E-state index is 0.0535.